The third-order valence-corrected chi connectivity index (χ3v) is 5.89. The summed E-state index contributed by atoms with van der Waals surface area (Å²) < 4.78 is 11.6. The minimum atomic E-state index is -1.03. The highest BCUT2D eigenvalue weighted by Crippen LogP contribution is 2.40. The molecule has 1 heterocycles. The molecule has 8 unspecified atom stereocenters. The first kappa shape index (κ1) is 20.8. The van der Waals surface area contributed by atoms with E-state index in [0.29, 0.717) is 18.3 Å². The van der Waals surface area contributed by atoms with E-state index in [0.717, 1.165) is 19.3 Å². The number of carbonyl (C=O) groups excluding carboxylic acids is 1. The first-order valence-electron chi connectivity index (χ1n) is 9.63. The summed E-state index contributed by atoms with van der Waals surface area (Å²) in [6, 6.07) is 0. The molecule has 0 aromatic carbocycles. The SMILES string of the molecule is CCC(CC)C1CC(C)CC(O)C1OC1OC(C(C)=O)C(O)CC1O. The van der Waals surface area contributed by atoms with E-state index in [1.807, 2.05) is 0 Å². The van der Waals surface area contributed by atoms with Gasteiger partial charge in [-0.25, -0.2) is 0 Å². The summed E-state index contributed by atoms with van der Waals surface area (Å²) in [4.78, 5) is 11.7. The molecule has 2 rings (SSSR count). The van der Waals surface area contributed by atoms with Crippen LogP contribution in [0.3, 0.4) is 0 Å². The van der Waals surface area contributed by atoms with Crippen molar-refractivity contribution in [2.24, 2.45) is 17.8 Å². The molecule has 0 aromatic heterocycles. The van der Waals surface area contributed by atoms with Crippen molar-refractivity contribution in [1.82, 2.24) is 0 Å². The summed E-state index contributed by atoms with van der Waals surface area (Å²) in [7, 11) is 0. The average molecular weight is 358 g/mol. The molecule has 0 aromatic rings. The van der Waals surface area contributed by atoms with E-state index in [-0.39, 0.29) is 18.1 Å². The van der Waals surface area contributed by atoms with Crippen molar-refractivity contribution >= 4 is 5.78 Å². The van der Waals surface area contributed by atoms with Crippen LogP contribution in [0.2, 0.25) is 0 Å². The number of Topliss-reactive ketones (excluding diaryl/α,β-unsaturated/α-hetero) is 1. The van der Waals surface area contributed by atoms with Crippen LogP contribution in [0.1, 0.15) is 59.8 Å². The smallest absolute Gasteiger partial charge is 0.184 e. The fourth-order valence-electron chi connectivity index (χ4n) is 4.53. The van der Waals surface area contributed by atoms with Crippen LogP contribution >= 0.6 is 0 Å². The molecule has 1 saturated carbocycles. The molecule has 0 bridgehead atoms. The maximum atomic E-state index is 11.7. The second-order valence-electron chi connectivity index (χ2n) is 7.89. The molecule has 2 fully saturated rings. The van der Waals surface area contributed by atoms with Crippen molar-refractivity contribution in [3.05, 3.63) is 0 Å². The molecule has 6 heteroatoms. The van der Waals surface area contributed by atoms with Crippen molar-refractivity contribution in [3.63, 3.8) is 0 Å². The summed E-state index contributed by atoms with van der Waals surface area (Å²) in [5.41, 5.74) is 0. The Hall–Kier alpha value is -0.530. The van der Waals surface area contributed by atoms with E-state index >= 15 is 0 Å². The number of rotatable bonds is 6. The van der Waals surface area contributed by atoms with E-state index < -0.39 is 36.8 Å². The molecule has 3 N–H and O–H groups in total. The molecule has 0 amide bonds. The molecular formula is C19H34O6. The van der Waals surface area contributed by atoms with Gasteiger partial charge in [-0.2, -0.15) is 0 Å². The van der Waals surface area contributed by atoms with Crippen molar-refractivity contribution in [2.45, 2.75) is 96.6 Å². The lowest BCUT2D eigenvalue weighted by Crippen LogP contribution is -2.55. The highest BCUT2D eigenvalue weighted by Gasteiger charge is 2.45. The third-order valence-electron chi connectivity index (χ3n) is 5.89. The summed E-state index contributed by atoms with van der Waals surface area (Å²) >= 11 is 0. The van der Waals surface area contributed by atoms with Gasteiger partial charge in [-0.1, -0.05) is 33.6 Å². The normalized spacial score (nSPS) is 42.6. The van der Waals surface area contributed by atoms with Gasteiger partial charge >= 0.3 is 0 Å². The van der Waals surface area contributed by atoms with Crippen molar-refractivity contribution in [1.29, 1.82) is 0 Å². The minimum Gasteiger partial charge on any atom is -0.390 e. The quantitative estimate of drug-likeness (QED) is 0.668. The zero-order valence-electron chi connectivity index (χ0n) is 15.8. The van der Waals surface area contributed by atoms with Crippen LogP contribution < -0.4 is 0 Å². The second-order valence-corrected chi connectivity index (χ2v) is 7.89. The van der Waals surface area contributed by atoms with Gasteiger partial charge in [0.05, 0.1) is 18.3 Å². The highest BCUT2D eigenvalue weighted by molar-refractivity contribution is 5.81. The Morgan fingerprint density at radius 1 is 1.08 bits per heavy atom. The molecule has 0 radical (unpaired) electrons. The second kappa shape index (κ2) is 8.91. The molecule has 0 spiro atoms. The molecule has 6 nitrogen and oxygen atoms in total. The van der Waals surface area contributed by atoms with Gasteiger partial charge in [-0.05, 0) is 37.5 Å². The van der Waals surface area contributed by atoms with Crippen LogP contribution in [0.15, 0.2) is 0 Å². The third kappa shape index (κ3) is 4.80. The Morgan fingerprint density at radius 3 is 2.28 bits per heavy atom. The van der Waals surface area contributed by atoms with Crippen molar-refractivity contribution < 1.29 is 29.6 Å². The number of aliphatic hydroxyl groups is 3. The summed E-state index contributed by atoms with van der Waals surface area (Å²) in [5, 5.41) is 30.8. The van der Waals surface area contributed by atoms with Crippen LogP contribution in [-0.4, -0.2) is 57.9 Å². The number of ether oxygens (including phenoxy) is 2. The van der Waals surface area contributed by atoms with E-state index in [9.17, 15) is 20.1 Å². The zero-order chi connectivity index (χ0) is 18.7. The number of carbonyl (C=O) groups is 1. The molecule has 25 heavy (non-hydrogen) atoms. The Morgan fingerprint density at radius 2 is 1.72 bits per heavy atom. The summed E-state index contributed by atoms with van der Waals surface area (Å²) in [6.45, 7) is 7.78. The van der Waals surface area contributed by atoms with Crippen molar-refractivity contribution in [3.8, 4) is 0 Å². The van der Waals surface area contributed by atoms with Crippen LogP contribution in [0.25, 0.3) is 0 Å². The Balaban J connectivity index is 2.14. The predicted octanol–water partition coefficient (Wildman–Crippen LogP) is 1.64. The predicted molar refractivity (Wildman–Crippen MR) is 92.8 cm³/mol. The molecule has 2 aliphatic rings. The van der Waals surface area contributed by atoms with Gasteiger partial charge in [0, 0.05) is 6.42 Å². The average Bonchev–Trinajstić information content (AvgIpc) is 2.53. The Labute approximate surface area is 150 Å². The van der Waals surface area contributed by atoms with Crippen LogP contribution in [-0.2, 0) is 14.3 Å². The summed E-state index contributed by atoms with van der Waals surface area (Å²) in [5.74, 6) is 0.747. The van der Waals surface area contributed by atoms with Crippen LogP contribution in [0, 0.1) is 17.8 Å². The first-order chi connectivity index (χ1) is 11.8. The molecule has 8 atom stereocenters. The van der Waals surface area contributed by atoms with Gasteiger partial charge in [-0.15, -0.1) is 0 Å². The summed E-state index contributed by atoms with van der Waals surface area (Å²) in [6.07, 6.45) is -1.41. The zero-order valence-corrected chi connectivity index (χ0v) is 15.8. The first-order valence-corrected chi connectivity index (χ1v) is 9.63. The van der Waals surface area contributed by atoms with Gasteiger partial charge in [-0.3, -0.25) is 4.79 Å². The highest BCUT2D eigenvalue weighted by atomic mass is 16.7. The Kier molecular flexibility index (Phi) is 7.40. The lowest BCUT2D eigenvalue weighted by molar-refractivity contribution is -0.293. The molecule has 1 aliphatic carbocycles. The molecule has 146 valence electrons. The van der Waals surface area contributed by atoms with Crippen molar-refractivity contribution in [2.75, 3.05) is 0 Å². The Bertz CT molecular complexity index is 438. The van der Waals surface area contributed by atoms with Gasteiger partial charge < -0.3 is 24.8 Å². The van der Waals surface area contributed by atoms with Gasteiger partial charge in [0.15, 0.2) is 12.1 Å². The lowest BCUT2D eigenvalue weighted by atomic mass is 9.71. The monoisotopic (exact) mass is 358 g/mol. The maximum Gasteiger partial charge on any atom is 0.184 e. The minimum absolute atomic E-state index is 0.0315. The number of ketones is 1. The topological polar surface area (TPSA) is 96.2 Å². The molecular weight excluding hydrogens is 324 g/mol. The van der Waals surface area contributed by atoms with Gasteiger partial charge in [0.25, 0.3) is 0 Å². The molecule has 1 aliphatic heterocycles. The molecule has 1 saturated heterocycles. The van der Waals surface area contributed by atoms with Gasteiger partial charge in [0.2, 0.25) is 0 Å². The van der Waals surface area contributed by atoms with Crippen LogP contribution in [0.5, 0.6) is 0 Å². The number of hydrogen-bond donors (Lipinski definition) is 3. The van der Waals surface area contributed by atoms with E-state index in [4.69, 9.17) is 9.47 Å². The van der Waals surface area contributed by atoms with E-state index in [2.05, 4.69) is 20.8 Å². The number of hydrogen-bond acceptors (Lipinski definition) is 6. The largest absolute Gasteiger partial charge is 0.390 e. The van der Waals surface area contributed by atoms with E-state index in [1.165, 1.54) is 6.92 Å². The van der Waals surface area contributed by atoms with Gasteiger partial charge in [0.1, 0.15) is 12.2 Å². The lowest BCUT2D eigenvalue weighted by Gasteiger charge is -2.45. The number of aliphatic hydroxyl groups excluding tert-OH is 3. The van der Waals surface area contributed by atoms with Crippen LogP contribution in [0.4, 0.5) is 0 Å². The maximum absolute atomic E-state index is 11.7. The fourth-order valence-corrected chi connectivity index (χ4v) is 4.53. The fraction of sp³-hybridized carbons (Fsp3) is 0.947. The van der Waals surface area contributed by atoms with E-state index in [1.54, 1.807) is 0 Å². The standard InChI is InChI=1S/C19H34O6/c1-5-12(6-2)13-7-10(3)8-14(21)18(13)25-19-16(23)9-15(22)17(24-19)11(4)20/h10,12-19,21-23H,5-9H2,1-4H3.